The highest BCUT2D eigenvalue weighted by Crippen LogP contribution is 2.22. The molecule has 1 atom stereocenters. The van der Waals surface area contributed by atoms with Crippen LogP contribution in [0.4, 0.5) is 0 Å². The lowest BCUT2D eigenvalue weighted by Gasteiger charge is -2.32. The normalized spacial score (nSPS) is 17.2. The molecule has 1 fully saturated rings. The zero-order chi connectivity index (χ0) is 18.0. The molecule has 136 valence electrons. The van der Waals surface area contributed by atoms with Gasteiger partial charge in [0.1, 0.15) is 22.0 Å². The maximum absolute atomic E-state index is 12.9. The summed E-state index contributed by atoms with van der Waals surface area (Å²) in [7, 11) is -3.91. The third kappa shape index (κ3) is 3.81. The van der Waals surface area contributed by atoms with E-state index in [1.54, 1.807) is 17.0 Å². The predicted octanol–water partition coefficient (Wildman–Crippen LogP) is 0.853. The highest BCUT2D eigenvalue weighted by Gasteiger charge is 2.33. The van der Waals surface area contributed by atoms with Gasteiger partial charge in [-0.15, -0.1) is 0 Å². The van der Waals surface area contributed by atoms with E-state index in [2.05, 4.69) is 13.5 Å². The molecule has 1 unspecified atom stereocenters. The minimum atomic E-state index is -3.91. The van der Waals surface area contributed by atoms with Crippen LogP contribution in [0.15, 0.2) is 23.1 Å². The van der Waals surface area contributed by atoms with Crippen LogP contribution in [0, 0.1) is 5.92 Å². The van der Waals surface area contributed by atoms with E-state index in [4.69, 9.17) is 4.74 Å². The van der Waals surface area contributed by atoms with Gasteiger partial charge in [0.15, 0.2) is 0 Å². The van der Waals surface area contributed by atoms with Crippen LogP contribution in [0.25, 0.3) is 11.0 Å². The van der Waals surface area contributed by atoms with E-state index in [0.29, 0.717) is 37.3 Å². The van der Waals surface area contributed by atoms with Crippen molar-refractivity contribution < 1.29 is 17.9 Å². The van der Waals surface area contributed by atoms with Gasteiger partial charge in [0, 0.05) is 13.1 Å². The smallest absolute Gasteiger partial charge is 0.243 e. The number of morpholine rings is 1. The Bertz CT molecular complexity index is 859. The van der Waals surface area contributed by atoms with Crippen LogP contribution in [0.2, 0.25) is 0 Å². The van der Waals surface area contributed by atoms with E-state index >= 15 is 0 Å². The lowest BCUT2D eigenvalue weighted by atomic mass is 10.0. The standard InChI is InChI=1S/C15H20N4O4S2/c1-10(2)13(15(20)19-6-8-23-9-7-19)18-25(21,22)12-5-3-4-11-14(12)17-24-16-11/h3-5,10,13,18H,6-9H2,1-2H3. The predicted molar refractivity (Wildman–Crippen MR) is 93.8 cm³/mol. The largest absolute Gasteiger partial charge is 0.378 e. The van der Waals surface area contributed by atoms with Crippen molar-refractivity contribution in [1.29, 1.82) is 0 Å². The van der Waals surface area contributed by atoms with Crippen LogP contribution in [0.5, 0.6) is 0 Å². The van der Waals surface area contributed by atoms with Crippen molar-refractivity contribution in [2.45, 2.75) is 24.8 Å². The van der Waals surface area contributed by atoms with Crippen LogP contribution in [0.3, 0.4) is 0 Å². The number of hydrogen-bond acceptors (Lipinski definition) is 7. The highest BCUT2D eigenvalue weighted by molar-refractivity contribution is 7.89. The molecule has 0 spiro atoms. The molecule has 1 aliphatic heterocycles. The molecule has 1 aliphatic rings. The van der Waals surface area contributed by atoms with Crippen LogP contribution in [-0.2, 0) is 19.6 Å². The number of hydrogen-bond donors (Lipinski definition) is 1. The summed E-state index contributed by atoms with van der Waals surface area (Å²) in [5, 5.41) is 0. The van der Waals surface area contributed by atoms with Crippen molar-refractivity contribution in [2.75, 3.05) is 26.3 Å². The van der Waals surface area contributed by atoms with Crippen molar-refractivity contribution in [2.24, 2.45) is 5.92 Å². The Hall–Kier alpha value is -1.62. The summed E-state index contributed by atoms with van der Waals surface area (Å²) in [5.74, 6) is -0.427. The Balaban J connectivity index is 1.88. The van der Waals surface area contributed by atoms with Crippen LogP contribution >= 0.6 is 11.7 Å². The summed E-state index contributed by atoms with van der Waals surface area (Å²) >= 11 is 0.956. The summed E-state index contributed by atoms with van der Waals surface area (Å²) in [6, 6.07) is 3.95. The van der Waals surface area contributed by atoms with Gasteiger partial charge in [-0.2, -0.15) is 13.5 Å². The maximum Gasteiger partial charge on any atom is 0.243 e. The number of ether oxygens (including phenoxy) is 1. The quantitative estimate of drug-likeness (QED) is 0.820. The lowest BCUT2D eigenvalue weighted by Crippen LogP contribution is -2.53. The third-order valence-electron chi connectivity index (χ3n) is 4.08. The minimum Gasteiger partial charge on any atom is -0.378 e. The summed E-state index contributed by atoms with van der Waals surface area (Å²) < 4.78 is 41.7. The molecular weight excluding hydrogens is 364 g/mol. The zero-order valence-electron chi connectivity index (χ0n) is 14.0. The van der Waals surface area contributed by atoms with Gasteiger partial charge in [-0.3, -0.25) is 4.79 Å². The number of sulfonamides is 1. The molecule has 2 aromatic rings. The first-order chi connectivity index (χ1) is 11.9. The van der Waals surface area contributed by atoms with Gasteiger partial charge >= 0.3 is 0 Å². The summed E-state index contributed by atoms with van der Waals surface area (Å²) in [4.78, 5) is 14.5. The number of amides is 1. The Kier molecular flexibility index (Phi) is 5.32. The summed E-state index contributed by atoms with van der Waals surface area (Å²) in [6.07, 6.45) is 0. The topological polar surface area (TPSA) is 101 Å². The first-order valence-electron chi connectivity index (χ1n) is 8.00. The molecule has 25 heavy (non-hydrogen) atoms. The van der Waals surface area contributed by atoms with E-state index in [1.807, 2.05) is 13.8 Å². The molecule has 3 rings (SSSR count). The molecule has 0 saturated carbocycles. The van der Waals surface area contributed by atoms with Crippen molar-refractivity contribution in [3.8, 4) is 0 Å². The SMILES string of the molecule is CC(C)C(NS(=O)(=O)c1cccc2nsnc12)C(=O)N1CCOCC1. The zero-order valence-corrected chi connectivity index (χ0v) is 15.6. The van der Waals surface area contributed by atoms with Crippen molar-refractivity contribution in [3.63, 3.8) is 0 Å². The van der Waals surface area contributed by atoms with E-state index in [0.717, 1.165) is 11.7 Å². The molecule has 8 nitrogen and oxygen atoms in total. The van der Waals surface area contributed by atoms with Crippen molar-refractivity contribution >= 4 is 38.7 Å². The number of fused-ring (bicyclic) bond motifs is 1. The van der Waals surface area contributed by atoms with Gasteiger partial charge in [0.05, 0.1) is 24.9 Å². The Morgan fingerprint density at radius 1 is 1.28 bits per heavy atom. The fourth-order valence-corrected chi connectivity index (χ4v) is 4.79. The second-order valence-electron chi connectivity index (χ2n) is 6.17. The molecule has 1 amide bonds. The number of rotatable bonds is 5. The fourth-order valence-electron chi connectivity index (χ4n) is 2.68. The van der Waals surface area contributed by atoms with Gasteiger partial charge in [0.25, 0.3) is 0 Å². The van der Waals surface area contributed by atoms with Crippen LogP contribution < -0.4 is 4.72 Å². The van der Waals surface area contributed by atoms with E-state index in [1.165, 1.54) is 6.07 Å². The Morgan fingerprint density at radius 3 is 2.68 bits per heavy atom. The number of carbonyl (C=O) groups is 1. The van der Waals surface area contributed by atoms with Gasteiger partial charge < -0.3 is 9.64 Å². The number of nitrogens with one attached hydrogen (secondary N) is 1. The van der Waals surface area contributed by atoms with Gasteiger partial charge in [-0.1, -0.05) is 19.9 Å². The minimum absolute atomic E-state index is 0.0409. The molecule has 0 aliphatic carbocycles. The van der Waals surface area contributed by atoms with E-state index in [9.17, 15) is 13.2 Å². The number of benzene rings is 1. The van der Waals surface area contributed by atoms with Crippen molar-refractivity contribution in [1.82, 2.24) is 18.4 Å². The Labute approximate surface area is 150 Å². The monoisotopic (exact) mass is 384 g/mol. The van der Waals surface area contributed by atoms with E-state index in [-0.39, 0.29) is 16.7 Å². The summed E-state index contributed by atoms with van der Waals surface area (Å²) in [6.45, 7) is 5.50. The molecular formula is C15H20N4O4S2. The molecule has 1 saturated heterocycles. The Morgan fingerprint density at radius 2 is 2.00 bits per heavy atom. The second-order valence-corrected chi connectivity index (χ2v) is 8.38. The number of aromatic nitrogens is 2. The van der Waals surface area contributed by atoms with Crippen LogP contribution in [-0.4, -0.2) is 60.3 Å². The molecule has 1 aromatic carbocycles. The third-order valence-corrected chi connectivity index (χ3v) is 6.09. The fraction of sp³-hybridized carbons (Fsp3) is 0.533. The van der Waals surface area contributed by atoms with Crippen LogP contribution in [0.1, 0.15) is 13.8 Å². The molecule has 0 radical (unpaired) electrons. The first kappa shape index (κ1) is 18.2. The molecule has 0 bridgehead atoms. The molecule has 1 N–H and O–H groups in total. The van der Waals surface area contributed by atoms with Gasteiger partial charge in [-0.25, -0.2) is 8.42 Å². The molecule has 2 heterocycles. The lowest BCUT2D eigenvalue weighted by molar-refractivity contribution is -0.138. The molecule has 1 aromatic heterocycles. The van der Waals surface area contributed by atoms with E-state index < -0.39 is 16.1 Å². The van der Waals surface area contributed by atoms with Gasteiger partial charge in [-0.05, 0) is 18.1 Å². The summed E-state index contributed by atoms with van der Waals surface area (Å²) in [5.41, 5.74) is 0.842. The van der Waals surface area contributed by atoms with Crippen molar-refractivity contribution in [3.05, 3.63) is 18.2 Å². The average Bonchev–Trinajstić information content (AvgIpc) is 3.08. The maximum atomic E-state index is 12.9. The number of nitrogens with zero attached hydrogens (tertiary/aromatic N) is 3. The average molecular weight is 384 g/mol. The second kappa shape index (κ2) is 7.32. The van der Waals surface area contributed by atoms with Gasteiger partial charge in [0.2, 0.25) is 15.9 Å². The molecule has 10 heteroatoms. The highest BCUT2D eigenvalue weighted by atomic mass is 32.2. The first-order valence-corrected chi connectivity index (χ1v) is 10.2. The number of carbonyl (C=O) groups excluding carboxylic acids is 1.